The van der Waals surface area contributed by atoms with E-state index in [0.29, 0.717) is 18.8 Å². The highest BCUT2D eigenvalue weighted by Crippen LogP contribution is 2.12. The zero-order chi connectivity index (χ0) is 12.7. The van der Waals surface area contributed by atoms with E-state index in [2.05, 4.69) is 54.2 Å². The maximum Gasteiger partial charge on any atom is 0.0721 e. The van der Waals surface area contributed by atoms with Crippen molar-refractivity contribution in [1.82, 2.24) is 5.32 Å². The number of halogens is 1. The zero-order valence-electron chi connectivity index (χ0n) is 10.9. The lowest BCUT2D eigenvalue weighted by molar-refractivity contribution is 0.0372. The van der Waals surface area contributed by atoms with Crippen LogP contribution in [0.25, 0.3) is 0 Å². The summed E-state index contributed by atoms with van der Waals surface area (Å²) in [5.41, 5.74) is 1.22. The van der Waals surface area contributed by atoms with E-state index in [9.17, 15) is 0 Å². The highest BCUT2D eigenvalue weighted by Gasteiger charge is 2.07. The van der Waals surface area contributed by atoms with E-state index in [1.165, 1.54) is 5.56 Å². The van der Waals surface area contributed by atoms with Crippen molar-refractivity contribution in [3.8, 4) is 0 Å². The van der Waals surface area contributed by atoms with Crippen LogP contribution in [0.5, 0.6) is 0 Å². The van der Waals surface area contributed by atoms with Gasteiger partial charge in [-0.2, -0.15) is 0 Å². The first-order valence-corrected chi connectivity index (χ1v) is 7.00. The minimum Gasteiger partial charge on any atom is -0.372 e. The zero-order valence-corrected chi connectivity index (χ0v) is 12.5. The largest absolute Gasteiger partial charge is 0.372 e. The summed E-state index contributed by atoms with van der Waals surface area (Å²) in [6.45, 7) is 8.08. The number of ether oxygens (including phenoxy) is 1. The summed E-state index contributed by atoms with van der Waals surface area (Å²) in [5.74, 6) is 0. The summed E-state index contributed by atoms with van der Waals surface area (Å²) in [5, 5.41) is 3.41. The standard InChI is InChI=1S/C14H22BrNO/c1-4-14(9-16-11(2)3)17-10-12-5-7-13(15)8-6-12/h5-8,11,14,16H,4,9-10H2,1-3H3. The molecule has 1 aromatic rings. The molecule has 3 heteroatoms. The molecule has 0 bridgehead atoms. The highest BCUT2D eigenvalue weighted by molar-refractivity contribution is 9.10. The predicted molar refractivity (Wildman–Crippen MR) is 76.1 cm³/mol. The number of hydrogen-bond acceptors (Lipinski definition) is 2. The first-order valence-electron chi connectivity index (χ1n) is 6.21. The van der Waals surface area contributed by atoms with Gasteiger partial charge in [0.05, 0.1) is 12.7 Å². The molecule has 1 atom stereocenters. The number of rotatable bonds is 7. The average molecular weight is 300 g/mol. The van der Waals surface area contributed by atoms with Crippen LogP contribution in [-0.4, -0.2) is 18.7 Å². The minimum atomic E-state index is 0.293. The van der Waals surface area contributed by atoms with Crippen LogP contribution >= 0.6 is 15.9 Å². The molecule has 0 fully saturated rings. The van der Waals surface area contributed by atoms with Gasteiger partial charge in [0.15, 0.2) is 0 Å². The molecule has 1 unspecified atom stereocenters. The molecule has 2 nitrogen and oxygen atoms in total. The lowest BCUT2D eigenvalue weighted by Gasteiger charge is -2.18. The van der Waals surface area contributed by atoms with Gasteiger partial charge >= 0.3 is 0 Å². The van der Waals surface area contributed by atoms with Crippen LogP contribution in [0.1, 0.15) is 32.8 Å². The van der Waals surface area contributed by atoms with Crippen molar-refractivity contribution in [3.05, 3.63) is 34.3 Å². The van der Waals surface area contributed by atoms with Crippen LogP contribution in [0.2, 0.25) is 0 Å². The Bertz CT molecular complexity index is 311. The van der Waals surface area contributed by atoms with Crippen molar-refractivity contribution >= 4 is 15.9 Å². The van der Waals surface area contributed by atoms with Gasteiger partial charge in [-0.15, -0.1) is 0 Å². The molecule has 0 amide bonds. The summed E-state index contributed by atoms with van der Waals surface area (Å²) < 4.78 is 7.00. The number of hydrogen-bond donors (Lipinski definition) is 1. The second kappa shape index (κ2) is 7.85. The monoisotopic (exact) mass is 299 g/mol. The van der Waals surface area contributed by atoms with Crippen molar-refractivity contribution < 1.29 is 4.74 Å². The third-order valence-electron chi connectivity index (χ3n) is 2.61. The van der Waals surface area contributed by atoms with Crippen molar-refractivity contribution in [3.63, 3.8) is 0 Å². The molecule has 1 aromatic carbocycles. The Balaban J connectivity index is 2.34. The molecule has 0 aliphatic rings. The summed E-state index contributed by atoms with van der Waals surface area (Å²) in [7, 11) is 0. The van der Waals surface area contributed by atoms with E-state index in [1.807, 2.05) is 12.1 Å². The van der Waals surface area contributed by atoms with Gasteiger partial charge in [-0.25, -0.2) is 0 Å². The number of nitrogens with one attached hydrogen (secondary N) is 1. The van der Waals surface area contributed by atoms with Gasteiger partial charge in [0.1, 0.15) is 0 Å². The Kier molecular flexibility index (Phi) is 6.78. The molecule has 1 N–H and O–H groups in total. The van der Waals surface area contributed by atoms with E-state index < -0.39 is 0 Å². The van der Waals surface area contributed by atoms with Gasteiger partial charge in [-0.05, 0) is 24.1 Å². The Labute approximate surface area is 113 Å². The van der Waals surface area contributed by atoms with Crippen molar-refractivity contribution in [1.29, 1.82) is 0 Å². The third kappa shape index (κ3) is 6.20. The first kappa shape index (κ1) is 14.7. The molecule has 96 valence electrons. The molecule has 0 saturated carbocycles. The van der Waals surface area contributed by atoms with E-state index in [1.54, 1.807) is 0 Å². The molecular weight excluding hydrogens is 278 g/mol. The van der Waals surface area contributed by atoms with Crippen molar-refractivity contribution in [2.45, 2.75) is 45.9 Å². The molecule has 0 saturated heterocycles. The Morgan fingerprint density at radius 1 is 1.24 bits per heavy atom. The molecule has 0 radical (unpaired) electrons. The Morgan fingerprint density at radius 2 is 1.88 bits per heavy atom. The van der Waals surface area contributed by atoms with Gasteiger partial charge in [0, 0.05) is 17.1 Å². The summed E-state index contributed by atoms with van der Waals surface area (Å²) >= 11 is 3.43. The predicted octanol–water partition coefficient (Wildman–Crippen LogP) is 3.74. The van der Waals surface area contributed by atoms with Gasteiger partial charge in [0.2, 0.25) is 0 Å². The second-order valence-electron chi connectivity index (χ2n) is 4.53. The molecule has 0 heterocycles. The molecule has 17 heavy (non-hydrogen) atoms. The molecule has 1 rings (SSSR count). The summed E-state index contributed by atoms with van der Waals surface area (Å²) in [4.78, 5) is 0. The molecule has 0 aliphatic carbocycles. The topological polar surface area (TPSA) is 21.3 Å². The lowest BCUT2D eigenvalue weighted by Crippen LogP contribution is -2.33. The van der Waals surface area contributed by atoms with Crippen LogP contribution in [-0.2, 0) is 11.3 Å². The number of benzene rings is 1. The van der Waals surface area contributed by atoms with E-state index >= 15 is 0 Å². The second-order valence-corrected chi connectivity index (χ2v) is 5.45. The maximum atomic E-state index is 5.89. The van der Waals surface area contributed by atoms with Crippen LogP contribution in [0, 0.1) is 0 Å². The van der Waals surface area contributed by atoms with Crippen LogP contribution in [0.15, 0.2) is 28.7 Å². The van der Waals surface area contributed by atoms with Gasteiger partial charge in [-0.1, -0.05) is 48.8 Å². The van der Waals surface area contributed by atoms with Gasteiger partial charge < -0.3 is 10.1 Å². The lowest BCUT2D eigenvalue weighted by atomic mass is 10.2. The van der Waals surface area contributed by atoms with Crippen LogP contribution in [0.3, 0.4) is 0 Å². The average Bonchev–Trinajstić information content (AvgIpc) is 2.31. The Hall–Kier alpha value is -0.380. The first-order chi connectivity index (χ1) is 8.11. The fraction of sp³-hybridized carbons (Fsp3) is 0.571. The Morgan fingerprint density at radius 3 is 2.41 bits per heavy atom. The third-order valence-corrected chi connectivity index (χ3v) is 3.14. The summed E-state index contributed by atoms with van der Waals surface area (Å²) in [6, 6.07) is 8.79. The van der Waals surface area contributed by atoms with Gasteiger partial charge in [-0.3, -0.25) is 0 Å². The normalized spacial score (nSPS) is 13.0. The molecule has 0 aliphatic heterocycles. The van der Waals surface area contributed by atoms with Gasteiger partial charge in [0.25, 0.3) is 0 Å². The highest BCUT2D eigenvalue weighted by atomic mass is 79.9. The quantitative estimate of drug-likeness (QED) is 0.828. The van der Waals surface area contributed by atoms with E-state index in [4.69, 9.17) is 4.74 Å². The minimum absolute atomic E-state index is 0.293. The molecular formula is C14H22BrNO. The van der Waals surface area contributed by atoms with Crippen molar-refractivity contribution in [2.24, 2.45) is 0 Å². The SMILES string of the molecule is CCC(CNC(C)C)OCc1ccc(Br)cc1. The van der Waals surface area contributed by atoms with E-state index in [0.717, 1.165) is 17.4 Å². The molecule has 0 spiro atoms. The summed E-state index contributed by atoms with van der Waals surface area (Å²) in [6.07, 6.45) is 1.33. The fourth-order valence-corrected chi connectivity index (χ4v) is 1.75. The van der Waals surface area contributed by atoms with Crippen molar-refractivity contribution in [2.75, 3.05) is 6.54 Å². The van der Waals surface area contributed by atoms with Crippen LogP contribution in [0.4, 0.5) is 0 Å². The van der Waals surface area contributed by atoms with E-state index in [-0.39, 0.29) is 0 Å². The maximum absolute atomic E-state index is 5.89. The fourth-order valence-electron chi connectivity index (χ4n) is 1.48. The smallest absolute Gasteiger partial charge is 0.0721 e. The van der Waals surface area contributed by atoms with Crippen LogP contribution < -0.4 is 5.32 Å². The molecule has 0 aromatic heterocycles.